The molecule has 0 aromatic rings. The highest BCUT2D eigenvalue weighted by Gasteiger charge is 2.43. The summed E-state index contributed by atoms with van der Waals surface area (Å²) in [6.45, 7) is 3.13. The van der Waals surface area contributed by atoms with E-state index >= 15 is 0 Å². The highest BCUT2D eigenvalue weighted by molar-refractivity contribution is 7.88. The molecule has 2 saturated heterocycles. The van der Waals surface area contributed by atoms with Crippen LogP contribution in [0.15, 0.2) is 0 Å². The maximum Gasteiger partial charge on any atom is 0.242 e. The number of morpholine rings is 1. The zero-order valence-corrected chi connectivity index (χ0v) is 14.2. The molecule has 2 fully saturated rings. The van der Waals surface area contributed by atoms with Crippen molar-refractivity contribution in [1.82, 2.24) is 14.5 Å². The standard InChI is InChI=1S/C13H23N3O6S/c1-11(17)14-7-12(18)15-3-6-22-13(8-15)9-16(23(2,19)20)4-5-21-10-13/h3-10H2,1-2H3,(H,14,17). The van der Waals surface area contributed by atoms with Crippen molar-refractivity contribution < 1.29 is 27.5 Å². The van der Waals surface area contributed by atoms with Crippen molar-refractivity contribution in [3.05, 3.63) is 0 Å². The first-order chi connectivity index (χ1) is 10.7. The van der Waals surface area contributed by atoms with Crippen molar-refractivity contribution >= 4 is 21.8 Å². The van der Waals surface area contributed by atoms with Gasteiger partial charge in [-0.2, -0.15) is 4.31 Å². The monoisotopic (exact) mass is 349 g/mol. The Morgan fingerprint density at radius 3 is 2.61 bits per heavy atom. The van der Waals surface area contributed by atoms with Crippen LogP contribution in [0.3, 0.4) is 0 Å². The van der Waals surface area contributed by atoms with Crippen LogP contribution in [0.4, 0.5) is 0 Å². The number of carbonyl (C=O) groups excluding carboxylic acids is 2. The smallest absolute Gasteiger partial charge is 0.242 e. The van der Waals surface area contributed by atoms with E-state index in [2.05, 4.69) is 5.32 Å². The number of rotatable bonds is 3. The summed E-state index contributed by atoms with van der Waals surface area (Å²) in [4.78, 5) is 24.7. The molecule has 1 N–H and O–H groups in total. The molecule has 1 unspecified atom stereocenters. The Morgan fingerprint density at radius 2 is 1.96 bits per heavy atom. The van der Waals surface area contributed by atoms with Crippen molar-refractivity contribution in [2.45, 2.75) is 12.5 Å². The highest BCUT2D eigenvalue weighted by Crippen LogP contribution is 2.23. The molecule has 0 bridgehead atoms. The second kappa shape index (κ2) is 7.12. The molecule has 0 aromatic carbocycles. The SMILES string of the molecule is CC(=O)NCC(=O)N1CCOC2(COCCN(S(C)(=O)=O)C2)C1. The molecule has 0 saturated carbocycles. The van der Waals surface area contributed by atoms with Crippen LogP contribution in [0.1, 0.15) is 6.92 Å². The fourth-order valence-electron chi connectivity index (χ4n) is 2.71. The fourth-order valence-corrected chi connectivity index (χ4v) is 3.58. The van der Waals surface area contributed by atoms with E-state index in [4.69, 9.17) is 9.47 Å². The predicted molar refractivity (Wildman–Crippen MR) is 81.2 cm³/mol. The quantitative estimate of drug-likeness (QED) is 0.633. The van der Waals surface area contributed by atoms with Crippen LogP contribution in [0, 0.1) is 0 Å². The van der Waals surface area contributed by atoms with Gasteiger partial charge in [0.25, 0.3) is 0 Å². The van der Waals surface area contributed by atoms with Crippen LogP contribution in [-0.2, 0) is 29.1 Å². The van der Waals surface area contributed by atoms with E-state index in [-0.39, 0.29) is 51.2 Å². The Balaban J connectivity index is 2.07. The third-order valence-corrected chi connectivity index (χ3v) is 5.12. The Hall–Kier alpha value is -1.23. The van der Waals surface area contributed by atoms with E-state index < -0.39 is 15.6 Å². The number of hydrogen-bond donors (Lipinski definition) is 1. The summed E-state index contributed by atoms with van der Waals surface area (Å²) in [6.07, 6.45) is 1.15. The van der Waals surface area contributed by atoms with Crippen LogP contribution in [0.5, 0.6) is 0 Å². The molecule has 132 valence electrons. The van der Waals surface area contributed by atoms with Crippen molar-refractivity contribution in [1.29, 1.82) is 0 Å². The molecule has 0 aromatic heterocycles. The number of sulfonamides is 1. The number of nitrogens with one attached hydrogen (secondary N) is 1. The summed E-state index contributed by atoms with van der Waals surface area (Å²) in [7, 11) is -3.37. The summed E-state index contributed by atoms with van der Waals surface area (Å²) < 4.78 is 36.3. The molecule has 23 heavy (non-hydrogen) atoms. The van der Waals surface area contributed by atoms with E-state index in [0.717, 1.165) is 6.26 Å². The number of nitrogens with zero attached hydrogens (tertiary/aromatic N) is 2. The topological polar surface area (TPSA) is 105 Å². The van der Waals surface area contributed by atoms with Gasteiger partial charge in [0.2, 0.25) is 21.8 Å². The van der Waals surface area contributed by atoms with Crippen molar-refractivity contribution in [3.63, 3.8) is 0 Å². The van der Waals surface area contributed by atoms with Crippen LogP contribution >= 0.6 is 0 Å². The van der Waals surface area contributed by atoms with Gasteiger partial charge < -0.3 is 19.7 Å². The van der Waals surface area contributed by atoms with Crippen LogP contribution in [0.25, 0.3) is 0 Å². The average Bonchev–Trinajstić information content (AvgIpc) is 2.67. The first-order valence-corrected chi connectivity index (χ1v) is 9.26. The molecule has 1 atom stereocenters. The molecule has 2 amide bonds. The van der Waals surface area contributed by atoms with Gasteiger partial charge in [0.15, 0.2) is 0 Å². The van der Waals surface area contributed by atoms with Crippen molar-refractivity contribution in [3.8, 4) is 0 Å². The van der Waals surface area contributed by atoms with Crippen molar-refractivity contribution in [2.75, 3.05) is 58.8 Å². The number of ether oxygens (including phenoxy) is 2. The second-order valence-corrected chi connectivity index (χ2v) is 7.89. The Kier molecular flexibility index (Phi) is 5.61. The normalized spacial score (nSPS) is 26.8. The molecule has 2 aliphatic heterocycles. The summed E-state index contributed by atoms with van der Waals surface area (Å²) >= 11 is 0. The lowest BCUT2D eigenvalue weighted by molar-refractivity contribution is -0.159. The van der Waals surface area contributed by atoms with Gasteiger partial charge >= 0.3 is 0 Å². The minimum atomic E-state index is -3.37. The van der Waals surface area contributed by atoms with Gasteiger partial charge in [0.1, 0.15) is 5.60 Å². The number of hydrogen-bond acceptors (Lipinski definition) is 6. The summed E-state index contributed by atoms with van der Waals surface area (Å²) in [6, 6.07) is 0. The second-order valence-electron chi connectivity index (χ2n) is 5.91. The number of amides is 2. The van der Waals surface area contributed by atoms with Gasteiger partial charge in [-0.1, -0.05) is 0 Å². The first kappa shape index (κ1) is 18.1. The van der Waals surface area contributed by atoms with Gasteiger partial charge in [-0.05, 0) is 0 Å². The fraction of sp³-hybridized carbons (Fsp3) is 0.846. The van der Waals surface area contributed by atoms with E-state index in [1.165, 1.54) is 11.2 Å². The Bertz CT molecular complexity index is 566. The third-order valence-electron chi connectivity index (χ3n) is 3.87. The summed E-state index contributed by atoms with van der Waals surface area (Å²) in [5.74, 6) is -0.500. The van der Waals surface area contributed by atoms with Crippen LogP contribution in [-0.4, -0.2) is 93.8 Å². The molecule has 0 aliphatic carbocycles. The lowest BCUT2D eigenvalue weighted by atomic mass is 10.0. The molecular formula is C13H23N3O6S. The molecule has 9 nitrogen and oxygen atoms in total. The van der Waals surface area contributed by atoms with Crippen molar-refractivity contribution in [2.24, 2.45) is 0 Å². The minimum Gasteiger partial charge on any atom is -0.377 e. The van der Waals surface area contributed by atoms with Gasteiger partial charge in [-0.15, -0.1) is 0 Å². The van der Waals surface area contributed by atoms with Gasteiger partial charge in [0.05, 0.1) is 39.2 Å². The minimum absolute atomic E-state index is 0.0813. The van der Waals surface area contributed by atoms with Gasteiger partial charge in [-0.25, -0.2) is 8.42 Å². The zero-order chi connectivity index (χ0) is 17.1. The zero-order valence-electron chi connectivity index (χ0n) is 13.4. The molecule has 2 aliphatic rings. The molecule has 10 heteroatoms. The van der Waals surface area contributed by atoms with E-state index in [0.29, 0.717) is 13.2 Å². The molecule has 0 radical (unpaired) electrons. The van der Waals surface area contributed by atoms with Gasteiger partial charge in [0, 0.05) is 26.6 Å². The highest BCUT2D eigenvalue weighted by atomic mass is 32.2. The lowest BCUT2D eigenvalue weighted by Crippen LogP contribution is -2.61. The molecule has 2 rings (SSSR count). The number of carbonyl (C=O) groups is 2. The van der Waals surface area contributed by atoms with Crippen LogP contribution < -0.4 is 5.32 Å². The van der Waals surface area contributed by atoms with E-state index in [1.54, 1.807) is 4.90 Å². The largest absolute Gasteiger partial charge is 0.377 e. The molecule has 2 heterocycles. The van der Waals surface area contributed by atoms with Crippen LogP contribution in [0.2, 0.25) is 0 Å². The van der Waals surface area contributed by atoms with Gasteiger partial charge in [-0.3, -0.25) is 9.59 Å². The molecular weight excluding hydrogens is 326 g/mol. The summed E-state index contributed by atoms with van der Waals surface area (Å²) in [5.41, 5.74) is -0.871. The van der Waals surface area contributed by atoms with E-state index in [9.17, 15) is 18.0 Å². The Labute approximate surface area is 135 Å². The Morgan fingerprint density at radius 1 is 1.22 bits per heavy atom. The third kappa shape index (κ3) is 4.87. The van der Waals surface area contributed by atoms with E-state index in [1.807, 2.05) is 0 Å². The predicted octanol–water partition coefficient (Wildman–Crippen LogP) is -1.99. The summed E-state index contributed by atoms with van der Waals surface area (Å²) in [5, 5.41) is 2.47. The first-order valence-electron chi connectivity index (χ1n) is 7.41. The molecule has 1 spiro atoms. The lowest BCUT2D eigenvalue weighted by Gasteiger charge is -2.43. The maximum atomic E-state index is 12.2. The maximum absolute atomic E-state index is 12.2. The average molecular weight is 349 g/mol.